The molecular weight excluding hydrogens is 463 g/mol. The van der Waals surface area contributed by atoms with Crippen molar-refractivity contribution in [3.8, 4) is 0 Å². The van der Waals surface area contributed by atoms with Crippen LogP contribution >= 0.6 is 34.8 Å². The predicted octanol–water partition coefficient (Wildman–Crippen LogP) is 7.33. The highest BCUT2D eigenvalue weighted by Gasteiger charge is 2.33. The van der Waals surface area contributed by atoms with Gasteiger partial charge in [0.2, 0.25) is 0 Å². The van der Waals surface area contributed by atoms with Gasteiger partial charge in [-0.1, -0.05) is 125 Å². The van der Waals surface area contributed by atoms with Crippen LogP contribution in [0, 0.1) is 0 Å². The number of carbonyl (C=O) groups is 2. The first kappa shape index (κ1) is 30.8. The van der Waals surface area contributed by atoms with Gasteiger partial charge in [0, 0.05) is 13.5 Å². The molecule has 0 aliphatic rings. The molecule has 0 fully saturated rings. The Kier molecular flexibility index (Phi) is 20.2. The summed E-state index contributed by atoms with van der Waals surface area (Å²) in [6.45, 7) is 4.01. The summed E-state index contributed by atoms with van der Waals surface area (Å²) in [5, 5.41) is 0. The molecule has 0 unspecified atom stereocenters. The van der Waals surface area contributed by atoms with E-state index >= 15 is 0 Å². The maximum Gasteiger partial charge on any atom is 0.358 e. The van der Waals surface area contributed by atoms with Gasteiger partial charge >= 0.3 is 11.9 Å². The van der Waals surface area contributed by atoms with E-state index in [-0.39, 0.29) is 13.2 Å². The maximum atomic E-state index is 11.5. The lowest BCUT2D eigenvalue weighted by atomic mass is 10.0. The minimum Gasteiger partial charge on any atom is -0.458 e. The Morgan fingerprint density at radius 2 is 1.19 bits per heavy atom. The lowest BCUT2D eigenvalue weighted by molar-refractivity contribution is -0.160. The first-order chi connectivity index (χ1) is 14.8. The number of ether oxygens (including phenoxy) is 3. The predicted molar refractivity (Wildman–Crippen MR) is 128 cm³/mol. The molecule has 0 spiro atoms. The highest BCUT2D eigenvalue weighted by molar-refractivity contribution is 6.75. The summed E-state index contributed by atoms with van der Waals surface area (Å²) in [6, 6.07) is 0. The molecule has 0 aromatic heterocycles. The van der Waals surface area contributed by atoms with Crippen molar-refractivity contribution < 1.29 is 23.8 Å². The molecule has 0 aromatic rings. The third-order valence-corrected chi connectivity index (χ3v) is 5.37. The van der Waals surface area contributed by atoms with Crippen LogP contribution in [0.25, 0.3) is 0 Å². The minimum absolute atomic E-state index is 0.130. The molecule has 1 atom stereocenters. The molecule has 0 heterocycles. The van der Waals surface area contributed by atoms with Gasteiger partial charge in [0.1, 0.15) is 6.61 Å². The summed E-state index contributed by atoms with van der Waals surface area (Å²) < 4.78 is 13.3. The molecule has 0 radical (unpaired) electrons. The van der Waals surface area contributed by atoms with Gasteiger partial charge < -0.3 is 14.2 Å². The van der Waals surface area contributed by atoms with Crippen LogP contribution in [0.15, 0.2) is 0 Å². The van der Waals surface area contributed by atoms with E-state index in [2.05, 4.69) is 6.92 Å². The van der Waals surface area contributed by atoms with Crippen LogP contribution in [-0.4, -0.2) is 41.7 Å². The maximum absolute atomic E-state index is 11.5. The van der Waals surface area contributed by atoms with Crippen molar-refractivity contribution in [3.05, 3.63) is 0 Å². The van der Waals surface area contributed by atoms with Crippen LogP contribution in [0.2, 0.25) is 0 Å². The highest BCUT2D eigenvalue weighted by Crippen LogP contribution is 2.27. The van der Waals surface area contributed by atoms with Gasteiger partial charge in [-0.2, -0.15) is 0 Å². The molecule has 5 nitrogen and oxygen atoms in total. The average molecular weight is 504 g/mol. The van der Waals surface area contributed by atoms with Crippen LogP contribution in [0.5, 0.6) is 0 Å². The standard InChI is InChI=1S/C23H41Cl3O5/c1-3-4-5-6-7-8-9-10-11-12-13-14-15-16-17-29-18-21(31-20(2)27)19-30-22(28)23(24,25)26/h21H,3-19H2,1-2H3/t21-/m1/s1. The van der Waals surface area contributed by atoms with Crippen LogP contribution in [0.4, 0.5) is 0 Å². The first-order valence-corrected chi connectivity index (χ1v) is 12.9. The van der Waals surface area contributed by atoms with E-state index in [1.807, 2.05) is 0 Å². The molecule has 0 aromatic carbocycles. The van der Waals surface area contributed by atoms with Crippen molar-refractivity contribution >= 4 is 46.7 Å². The minimum atomic E-state index is -2.16. The molecule has 0 rings (SSSR count). The smallest absolute Gasteiger partial charge is 0.358 e. The second-order valence-electron chi connectivity index (χ2n) is 8.00. The first-order valence-electron chi connectivity index (χ1n) is 11.8. The van der Waals surface area contributed by atoms with Crippen LogP contribution in [-0.2, 0) is 23.8 Å². The molecule has 8 heteroatoms. The van der Waals surface area contributed by atoms with E-state index in [9.17, 15) is 9.59 Å². The van der Waals surface area contributed by atoms with Crippen LogP contribution in [0.3, 0.4) is 0 Å². The normalized spacial score (nSPS) is 12.5. The van der Waals surface area contributed by atoms with Crippen LogP contribution < -0.4 is 0 Å². The fourth-order valence-electron chi connectivity index (χ4n) is 3.21. The summed E-state index contributed by atoms with van der Waals surface area (Å²) in [4.78, 5) is 22.7. The SMILES string of the molecule is CCCCCCCCCCCCCCCCOC[C@H](COC(=O)C(Cl)(Cl)Cl)OC(C)=O. The molecule has 0 amide bonds. The van der Waals surface area contributed by atoms with Gasteiger partial charge in [-0.25, -0.2) is 4.79 Å². The number of esters is 2. The molecule has 31 heavy (non-hydrogen) atoms. The molecule has 0 N–H and O–H groups in total. The third kappa shape index (κ3) is 21.4. The van der Waals surface area contributed by atoms with E-state index < -0.39 is 21.8 Å². The van der Waals surface area contributed by atoms with E-state index in [0.717, 1.165) is 12.8 Å². The topological polar surface area (TPSA) is 61.8 Å². The van der Waals surface area contributed by atoms with Crippen molar-refractivity contribution in [2.75, 3.05) is 19.8 Å². The summed E-state index contributed by atoms with van der Waals surface area (Å²) in [6.07, 6.45) is 17.5. The number of hydrogen-bond acceptors (Lipinski definition) is 5. The number of halogens is 3. The number of carbonyl (C=O) groups excluding carboxylic acids is 2. The number of rotatable bonds is 20. The van der Waals surface area contributed by atoms with E-state index in [0.29, 0.717) is 6.61 Å². The Hall–Kier alpha value is -0.230. The van der Waals surface area contributed by atoms with Gasteiger partial charge in [0.05, 0.1) is 6.61 Å². The second-order valence-corrected chi connectivity index (χ2v) is 10.3. The highest BCUT2D eigenvalue weighted by atomic mass is 35.6. The van der Waals surface area contributed by atoms with E-state index in [4.69, 9.17) is 49.0 Å². The lowest BCUT2D eigenvalue weighted by Crippen LogP contribution is -2.32. The average Bonchev–Trinajstić information content (AvgIpc) is 2.70. The quantitative estimate of drug-likeness (QED) is 0.0988. The van der Waals surface area contributed by atoms with Crippen molar-refractivity contribution in [2.45, 2.75) is 114 Å². The number of alkyl halides is 3. The van der Waals surface area contributed by atoms with Crippen LogP contribution in [0.1, 0.15) is 104 Å². The summed E-state index contributed by atoms with van der Waals surface area (Å²) in [5.41, 5.74) is 0. The van der Waals surface area contributed by atoms with Gasteiger partial charge in [0.15, 0.2) is 6.10 Å². The van der Waals surface area contributed by atoms with Gasteiger partial charge in [-0.05, 0) is 6.42 Å². The molecular formula is C23H41Cl3O5. The Bertz CT molecular complexity index is 455. The molecule has 0 bridgehead atoms. The zero-order chi connectivity index (χ0) is 23.4. The third-order valence-electron chi connectivity index (χ3n) is 4.91. The van der Waals surface area contributed by atoms with Crippen molar-refractivity contribution in [1.29, 1.82) is 0 Å². The van der Waals surface area contributed by atoms with Gasteiger partial charge in [-0.3, -0.25) is 4.79 Å². The fraction of sp³-hybridized carbons (Fsp3) is 0.913. The Morgan fingerprint density at radius 3 is 1.61 bits per heavy atom. The molecule has 0 aliphatic heterocycles. The van der Waals surface area contributed by atoms with Crippen molar-refractivity contribution in [1.82, 2.24) is 0 Å². The molecule has 0 saturated heterocycles. The zero-order valence-corrected chi connectivity index (χ0v) is 21.5. The Balaban J connectivity index is 3.58. The Morgan fingerprint density at radius 1 is 0.742 bits per heavy atom. The molecule has 0 saturated carbocycles. The summed E-state index contributed by atoms with van der Waals surface area (Å²) in [7, 11) is 0. The summed E-state index contributed by atoms with van der Waals surface area (Å²) in [5.74, 6) is -1.50. The Labute approximate surface area is 203 Å². The van der Waals surface area contributed by atoms with Crippen molar-refractivity contribution in [2.24, 2.45) is 0 Å². The zero-order valence-electron chi connectivity index (χ0n) is 19.3. The summed E-state index contributed by atoms with van der Waals surface area (Å²) >= 11 is 16.3. The fourth-order valence-corrected chi connectivity index (χ4v) is 3.38. The molecule has 184 valence electrons. The second kappa shape index (κ2) is 20.4. The van der Waals surface area contributed by atoms with Gasteiger partial charge in [0.25, 0.3) is 3.79 Å². The lowest BCUT2D eigenvalue weighted by Gasteiger charge is -2.18. The van der Waals surface area contributed by atoms with Crippen molar-refractivity contribution in [3.63, 3.8) is 0 Å². The van der Waals surface area contributed by atoms with E-state index in [1.165, 1.54) is 84.0 Å². The number of hydrogen-bond donors (Lipinski definition) is 0. The number of unbranched alkanes of at least 4 members (excludes halogenated alkanes) is 13. The monoisotopic (exact) mass is 502 g/mol. The molecule has 0 aliphatic carbocycles. The van der Waals surface area contributed by atoms with E-state index in [1.54, 1.807) is 0 Å². The van der Waals surface area contributed by atoms with Gasteiger partial charge in [-0.15, -0.1) is 0 Å². The largest absolute Gasteiger partial charge is 0.458 e.